The molecule has 82 heavy (non-hydrogen) atoms. The number of allylic oxidation sites excluding steroid dienone is 1. The molecular formula is C68H98O14. The molecule has 0 spiro atoms. The number of hydrogen-bond acceptors (Lipinski definition) is 14. The molecule has 0 radical (unpaired) electrons. The van der Waals surface area contributed by atoms with Crippen molar-refractivity contribution in [3.63, 3.8) is 0 Å². The van der Waals surface area contributed by atoms with E-state index < -0.39 is 63.1 Å². The molecule has 12 rings (SSSR count). The number of benzene rings is 2. The van der Waals surface area contributed by atoms with Crippen molar-refractivity contribution >= 4 is 0 Å². The number of fused-ring (bicyclic) bond motifs is 9. The maximum Gasteiger partial charge on any atom is 0.116 e. The summed E-state index contributed by atoms with van der Waals surface area (Å²) in [5, 5.41) is 22.7. The van der Waals surface area contributed by atoms with Crippen LogP contribution in [0.5, 0.6) is 0 Å². The van der Waals surface area contributed by atoms with E-state index in [0.717, 1.165) is 30.4 Å². The zero-order valence-corrected chi connectivity index (χ0v) is 50.8. The molecule has 2 aromatic rings. The van der Waals surface area contributed by atoms with Crippen molar-refractivity contribution in [2.75, 3.05) is 6.61 Å². The van der Waals surface area contributed by atoms with Gasteiger partial charge in [-0.2, -0.15) is 0 Å². The van der Waals surface area contributed by atoms with Crippen molar-refractivity contribution in [2.24, 2.45) is 11.8 Å². The van der Waals surface area contributed by atoms with Crippen LogP contribution in [0, 0.1) is 11.8 Å². The molecule has 0 unspecified atom stereocenters. The highest BCUT2D eigenvalue weighted by atomic mass is 16.7. The summed E-state index contributed by atoms with van der Waals surface area (Å²) in [4.78, 5) is 0. The first kappa shape index (κ1) is 59.7. The predicted octanol–water partition coefficient (Wildman–Crippen LogP) is 10.8. The van der Waals surface area contributed by atoms with Gasteiger partial charge in [0, 0.05) is 44.9 Å². The Balaban J connectivity index is 0.707. The molecule has 10 aliphatic rings. The molecule has 0 aliphatic carbocycles. The Labute approximate surface area is 488 Å². The van der Waals surface area contributed by atoms with Crippen LogP contribution in [-0.4, -0.2) is 153 Å². The third kappa shape index (κ3) is 11.3. The van der Waals surface area contributed by atoms with E-state index in [1.807, 2.05) is 42.5 Å². The van der Waals surface area contributed by atoms with Gasteiger partial charge >= 0.3 is 0 Å². The molecule has 14 heteroatoms. The highest BCUT2D eigenvalue weighted by molar-refractivity contribution is 5.19. The SMILES string of the molecule is C=CC[C@H](C)[C@H](C)C[C@@H](O)[C@H](O)[C@@H]1CC[C@@]2(C)O[C@@]3(C)C[C@@]4(C)O[C@H]5/C=C\C[C@H]6O[C@H]7C[C@H]8O[C@H]9C[C@@]%10(C)O[C@@](C)(COCc%11ccccc%11)[C@H](OCc%11ccccc%11)C[C@@H]%10O[C@]9(C)CC[C@]8(C)O[C@]7(C)C[C@@H]6O[C@@H]5C[C@@H]4O[C@@H]3C[C@@H]2O1. The maximum atomic E-state index is 11.5. The largest absolute Gasteiger partial charge is 0.390 e. The first-order valence-electron chi connectivity index (χ1n) is 31.6. The lowest BCUT2D eigenvalue weighted by Crippen LogP contribution is -2.72. The molecule has 10 heterocycles. The van der Waals surface area contributed by atoms with Gasteiger partial charge in [-0.25, -0.2) is 0 Å². The molecule has 9 saturated heterocycles. The van der Waals surface area contributed by atoms with Gasteiger partial charge in [-0.05, 0) is 123 Å². The van der Waals surface area contributed by atoms with Gasteiger partial charge in [-0.1, -0.05) is 92.7 Å². The van der Waals surface area contributed by atoms with Crippen LogP contribution < -0.4 is 0 Å². The molecule has 454 valence electrons. The second-order valence-electron chi connectivity index (χ2n) is 29.0. The van der Waals surface area contributed by atoms with Crippen molar-refractivity contribution in [3.8, 4) is 0 Å². The highest BCUT2D eigenvalue weighted by Gasteiger charge is 2.67. The van der Waals surface area contributed by atoms with Crippen LogP contribution in [0.3, 0.4) is 0 Å². The topological polar surface area (TPSA) is 151 Å². The van der Waals surface area contributed by atoms with E-state index in [1.54, 1.807) is 0 Å². The fraction of sp³-hybridized carbons (Fsp3) is 0.765. The van der Waals surface area contributed by atoms with E-state index in [-0.39, 0.29) is 79.2 Å². The van der Waals surface area contributed by atoms with Crippen molar-refractivity contribution in [2.45, 2.75) is 309 Å². The molecule has 25 atom stereocenters. The van der Waals surface area contributed by atoms with Crippen LogP contribution in [0.25, 0.3) is 0 Å². The van der Waals surface area contributed by atoms with E-state index in [4.69, 9.17) is 56.8 Å². The fourth-order valence-electron chi connectivity index (χ4n) is 16.9. The van der Waals surface area contributed by atoms with Crippen LogP contribution in [0.1, 0.15) is 170 Å². The Kier molecular flexibility index (Phi) is 16.4. The van der Waals surface area contributed by atoms with Gasteiger partial charge in [0.15, 0.2) is 0 Å². The van der Waals surface area contributed by atoms with Crippen molar-refractivity contribution in [1.82, 2.24) is 0 Å². The number of aliphatic hydroxyl groups excluding tert-OH is 2. The van der Waals surface area contributed by atoms with Crippen LogP contribution >= 0.6 is 0 Å². The normalized spacial score (nSPS) is 48.7. The Bertz CT molecular complexity index is 2570. The van der Waals surface area contributed by atoms with Crippen molar-refractivity contribution in [1.29, 1.82) is 0 Å². The third-order valence-corrected chi connectivity index (χ3v) is 22.2. The summed E-state index contributed by atoms with van der Waals surface area (Å²) in [6.07, 6.45) is 10.5. The molecule has 0 aromatic heterocycles. The standard InChI is InChI=1S/C68H98O14/c1-12-20-42(2)43(3)31-46(69)60(70)49-27-28-62(5)54(75-49)34-57-67(10,81-62)40-66(9)53(76-57)32-50-48(78-66)26-19-25-47-51(73-50)36-64(7)56(74-47)35-55-63(6,80-64)30-29-61(4)59(77-55)37-65(8)58(79-61)33-52(72-39-45-23-17-14-18-24-45)68(11,82-65)41-71-38-44-21-15-13-16-22-44/h12-19,21-24,26,42-43,46-60,69-70H,1,20,25,27-41H2,2-11H3/b26-19-/t42-,43+,46+,47+,48-,49-,50+,51-,52+,53-,54-,55+,56-,57+,58-,59-,60-,61+,62+,63-,64+,65+,66+,67-,68-/m0/s1. The lowest BCUT2D eigenvalue weighted by atomic mass is 9.69. The number of aliphatic hydroxyl groups is 2. The lowest BCUT2D eigenvalue weighted by molar-refractivity contribution is -0.374. The minimum atomic E-state index is -0.990. The van der Waals surface area contributed by atoms with Crippen LogP contribution in [0.4, 0.5) is 0 Å². The molecule has 9 fully saturated rings. The van der Waals surface area contributed by atoms with Crippen LogP contribution in [-0.2, 0) is 70.1 Å². The van der Waals surface area contributed by atoms with Gasteiger partial charge in [-0.15, -0.1) is 6.58 Å². The summed E-state index contributed by atoms with van der Waals surface area (Å²) in [7, 11) is 0. The molecule has 2 N–H and O–H groups in total. The Morgan fingerprint density at radius 1 is 0.585 bits per heavy atom. The second-order valence-corrected chi connectivity index (χ2v) is 29.0. The average molecular weight is 1140 g/mol. The minimum absolute atomic E-state index is 0.177. The predicted molar refractivity (Wildman–Crippen MR) is 309 cm³/mol. The molecule has 14 nitrogen and oxygen atoms in total. The monoisotopic (exact) mass is 1140 g/mol. The quantitative estimate of drug-likeness (QED) is 0.173. The zero-order chi connectivity index (χ0) is 57.7. The van der Waals surface area contributed by atoms with E-state index in [1.165, 1.54) is 0 Å². The first-order chi connectivity index (χ1) is 38.9. The maximum absolute atomic E-state index is 11.5. The summed E-state index contributed by atoms with van der Waals surface area (Å²) in [5.41, 5.74) is -2.83. The van der Waals surface area contributed by atoms with E-state index in [2.05, 4.69) is 112 Å². The Morgan fingerprint density at radius 2 is 1.21 bits per heavy atom. The Morgan fingerprint density at radius 3 is 1.94 bits per heavy atom. The van der Waals surface area contributed by atoms with Crippen molar-refractivity contribution < 1.29 is 67.1 Å². The molecule has 0 amide bonds. The number of rotatable bonds is 14. The molecular weight excluding hydrogens is 1040 g/mol. The average Bonchev–Trinajstić information content (AvgIpc) is 2.56. The second kappa shape index (κ2) is 22.5. The van der Waals surface area contributed by atoms with Gasteiger partial charge < -0.3 is 67.1 Å². The van der Waals surface area contributed by atoms with E-state index in [0.29, 0.717) is 96.4 Å². The lowest BCUT2D eigenvalue weighted by Gasteiger charge is -2.63. The summed E-state index contributed by atoms with van der Waals surface area (Å²) in [6.45, 7) is 27.0. The van der Waals surface area contributed by atoms with Gasteiger partial charge in [0.1, 0.15) is 17.8 Å². The van der Waals surface area contributed by atoms with Gasteiger partial charge in [-0.3, -0.25) is 0 Å². The molecule has 0 bridgehead atoms. The van der Waals surface area contributed by atoms with Gasteiger partial charge in [0.05, 0.1) is 138 Å². The molecule has 10 aliphatic heterocycles. The first-order valence-corrected chi connectivity index (χ1v) is 31.6. The highest BCUT2D eigenvalue weighted by Crippen LogP contribution is 2.58. The van der Waals surface area contributed by atoms with Crippen molar-refractivity contribution in [3.05, 3.63) is 96.6 Å². The Hall–Kier alpha value is -2.64. The molecule has 2 aromatic carbocycles. The summed E-state index contributed by atoms with van der Waals surface area (Å²) >= 11 is 0. The van der Waals surface area contributed by atoms with E-state index >= 15 is 0 Å². The van der Waals surface area contributed by atoms with Gasteiger partial charge in [0.25, 0.3) is 0 Å². The fourth-order valence-corrected chi connectivity index (χ4v) is 16.9. The summed E-state index contributed by atoms with van der Waals surface area (Å²) < 4.78 is 85.8. The smallest absolute Gasteiger partial charge is 0.116 e. The third-order valence-electron chi connectivity index (χ3n) is 22.2. The zero-order valence-electron chi connectivity index (χ0n) is 50.8. The summed E-state index contributed by atoms with van der Waals surface area (Å²) in [6, 6.07) is 20.6. The van der Waals surface area contributed by atoms with E-state index in [9.17, 15) is 10.2 Å². The molecule has 0 saturated carbocycles. The summed E-state index contributed by atoms with van der Waals surface area (Å²) in [5.74, 6) is 0.590. The minimum Gasteiger partial charge on any atom is -0.390 e. The van der Waals surface area contributed by atoms with Crippen LogP contribution in [0.2, 0.25) is 0 Å². The number of hydrogen-bond donors (Lipinski definition) is 2. The number of ether oxygens (including phenoxy) is 12. The van der Waals surface area contributed by atoms with Gasteiger partial charge in [0.2, 0.25) is 0 Å². The van der Waals surface area contributed by atoms with Crippen LogP contribution in [0.15, 0.2) is 85.5 Å².